The second-order valence-electron chi connectivity index (χ2n) is 16.5. The van der Waals surface area contributed by atoms with E-state index in [1.807, 2.05) is 33.2 Å². The molecule has 316 valence electrons. The Morgan fingerprint density at radius 3 is 1.40 bits per heavy atom. The van der Waals surface area contributed by atoms with Gasteiger partial charge in [0.05, 0.1) is 5.52 Å². The summed E-state index contributed by atoms with van der Waals surface area (Å²) in [6.45, 7) is 12.7. The van der Waals surface area contributed by atoms with Crippen molar-refractivity contribution in [3.8, 4) is 72.4 Å². The summed E-state index contributed by atoms with van der Waals surface area (Å²) in [6, 6.07) is 69.3. The first-order chi connectivity index (χ1) is 32.1. The number of hydrogen-bond donors (Lipinski definition) is 0. The lowest BCUT2D eigenvalue weighted by atomic mass is 9.64. The molecule has 0 amide bonds. The van der Waals surface area contributed by atoms with Crippen LogP contribution in [0, 0.1) is 0 Å². The Labute approximate surface area is 386 Å². The molecule has 0 bridgehead atoms. The summed E-state index contributed by atoms with van der Waals surface area (Å²) in [4.78, 5) is 4.28. The van der Waals surface area contributed by atoms with Crippen LogP contribution in [0.3, 0.4) is 0 Å². The van der Waals surface area contributed by atoms with Crippen LogP contribution >= 0.6 is 0 Å². The van der Waals surface area contributed by atoms with E-state index in [1.165, 1.54) is 106 Å². The minimum absolute atomic E-state index is 0.314. The SMILES string of the molecule is C=CB1c2c1n(-c1ccccc1)c1ccc(-c3cccc(-c4cccc(-c5cccc(-c6cccc(-c7cccc(-c8ccc(CCC)c(C/C=C\N=CC)c8)c7)c6)c5)c4)c3)cc21.CC. The number of rotatable bonds is 13. The van der Waals surface area contributed by atoms with Crippen molar-refractivity contribution in [3.05, 3.63) is 224 Å². The fourth-order valence-corrected chi connectivity index (χ4v) is 9.36. The van der Waals surface area contributed by atoms with Crippen LogP contribution in [0.5, 0.6) is 0 Å². The number of para-hydroxylation sites is 1. The van der Waals surface area contributed by atoms with Crippen molar-refractivity contribution < 1.29 is 0 Å². The van der Waals surface area contributed by atoms with Crippen LogP contribution in [0.25, 0.3) is 83.4 Å². The molecule has 0 saturated carbocycles. The van der Waals surface area contributed by atoms with Crippen LogP contribution in [0.2, 0.25) is 0 Å². The Hall–Kier alpha value is -7.49. The maximum Gasteiger partial charge on any atom is 0.256 e. The van der Waals surface area contributed by atoms with E-state index in [0.717, 1.165) is 19.3 Å². The molecule has 0 aliphatic carbocycles. The minimum atomic E-state index is 0.314. The van der Waals surface area contributed by atoms with Crippen LogP contribution in [0.15, 0.2) is 218 Å². The van der Waals surface area contributed by atoms with E-state index in [-0.39, 0.29) is 0 Å². The maximum atomic E-state index is 4.28. The van der Waals surface area contributed by atoms with Crippen molar-refractivity contribution in [3.63, 3.8) is 0 Å². The van der Waals surface area contributed by atoms with Crippen molar-refractivity contribution in [1.29, 1.82) is 0 Å². The van der Waals surface area contributed by atoms with Crippen molar-refractivity contribution >= 4 is 34.9 Å². The van der Waals surface area contributed by atoms with Gasteiger partial charge in [0.1, 0.15) is 0 Å². The summed E-state index contributed by atoms with van der Waals surface area (Å²) in [6.07, 6.45) is 8.96. The quantitative estimate of drug-likeness (QED) is 0.0813. The molecule has 2 nitrogen and oxygen atoms in total. The molecule has 1 aromatic heterocycles. The Kier molecular flexibility index (Phi) is 12.8. The van der Waals surface area contributed by atoms with Gasteiger partial charge in [-0.2, -0.15) is 0 Å². The number of benzene rings is 8. The molecule has 10 rings (SSSR count). The van der Waals surface area contributed by atoms with Gasteiger partial charge >= 0.3 is 0 Å². The number of hydrogen-bond acceptors (Lipinski definition) is 1. The van der Waals surface area contributed by atoms with Gasteiger partial charge in [-0.15, -0.1) is 12.6 Å². The monoisotopic (exact) mass is 838 g/mol. The van der Waals surface area contributed by atoms with E-state index in [2.05, 4.69) is 223 Å². The zero-order valence-corrected chi connectivity index (χ0v) is 38.0. The number of nitrogens with zero attached hydrogens (tertiary/aromatic N) is 2. The van der Waals surface area contributed by atoms with Crippen molar-refractivity contribution in [2.24, 2.45) is 4.99 Å². The van der Waals surface area contributed by atoms with Crippen LogP contribution in [-0.2, 0) is 12.8 Å². The summed E-state index contributed by atoms with van der Waals surface area (Å²) < 4.78 is 2.40. The fraction of sp³-hybridized carbons (Fsp3) is 0.113. The zero-order chi connectivity index (χ0) is 44.7. The second kappa shape index (κ2) is 19.5. The van der Waals surface area contributed by atoms with Gasteiger partial charge in [0.2, 0.25) is 0 Å². The third-order valence-corrected chi connectivity index (χ3v) is 12.5. The van der Waals surface area contributed by atoms with Crippen LogP contribution in [-0.4, -0.2) is 17.5 Å². The summed E-state index contributed by atoms with van der Waals surface area (Å²) in [5.41, 5.74) is 22.5. The molecule has 0 radical (unpaired) electrons. The number of aromatic nitrogens is 1. The predicted molar refractivity (Wildman–Crippen MR) is 283 cm³/mol. The largest absolute Gasteiger partial charge is 0.322 e. The molecule has 0 fully saturated rings. The molecule has 0 N–H and O–H groups in total. The first kappa shape index (κ1) is 42.8. The number of aryl methyl sites for hydroxylation is 1. The molecule has 0 saturated heterocycles. The van der Waals surface area contributed by atoms with Gasteiger partial charge in [0, 0.05) is 18.1 Å². The van der Waals surface area contributed by atoms with Gasteiger partial charge in [0.25, 0.3) is 6.71 Å². The van der Waals surface area contributed by atoms with Crippen molar-refractivity contribution in [2.45, 2.75) is 47.0 Å². The molecule has 65 heavy (non-hydrogen) atoms. The highest BCUT2D eigenvalue weighted by Gasteiger charge is 2.42. The Bertz CT molecular complexity index is 3200. The first-order valence-corrected chi connectivity index (χ1v) is 23.2. The summed E-state index contributed by atoms with van der Waals surface area (Å²) in [7, 11) is 0. The lowest BCUT2D eigenvalue weighted by Gasteiger charge is -2.13. The normalized spacial score (nSPS) is 11.8. The summed E-state index contributed by atoms with van der Waals surface area (Å²) in [5.74, 6) is 2.07. The number of fused-ring (bicyclic) bond motifs is 3. The summed E-state index contributed by atoms with van der Waals surface area (Å²) in [5, 5.41) is 1.31. The molecule has 0 spiro atoms. The molecule has 0 unspecified atom stereocenters. The van der Waals surface area contributed by atoms with Gasteiger partial charge in [-0.25, -0.2) is 0 Å². The fourth-order valence-electron chi connectivity index (χ4n) is 9.36. The van der Waals surface area contributed by atoms with Gasteiger partial charge in [-0.1, -0.05) is 167 Å². The lowest BCUT2D eigenvalue weighted by molar-refractivity contribution is 0.906. The highest BCUT2D eigenvalue weighted by molar-refractivity contribution is 7.07. The van der Waals surface area contributed by atoms with Crippen LogP contribution < -0.4 is 11.1 Å². The molecule has 1 aliphatic heterocycles. The number of allylic oxidation sites excluding steroid dienone is 1. The van der Waals surface area contributed by atoms with E-state index in [4.69, 9.17) is 0 Å². The van der Waals surface area contributed by atoms with E-state index < -0.39 is 0 Å². The molecule has 0 atom stereocenters. The van der Waals surface area contributed by atoms with Gasteiger partial charge < -0.3 is 4.57 Å². The highest BCUT2D eigenvalue weighted by atomic mass is 15.0. The Morgan fingerprint density at radius 1 is 0.508 bits per heavy atom. The molecular weight excluding hydrogens is 784 g/mol. The molecule has 3 heteroatoms. The van der Waals surface area contributed by atoms with Gasteiger partial charge in [0.15, 0.2) is 0 Å². The minimum Gasteiger partial charge on any atom is -0.322 e. The molecule has 9 aromatic rings. The van der Waals surface area contributed by atoms with Crippen molar-refractivity contribution in [2.75, 3.05) is 0 Å². The highest BCUT2D eigenvalue weighted by Crippen LogP contribution is 2.36. The third kappa shape index (κ3) is 8.88. The van der Waals surface area contributed by atoms with E-state index in [1.54, 1.807) is 0 Å². The molecule has 2 heterocycles. The average Bonchev–Trinajstić information content (AvgIpc) is 4.00. The summed E-state index contributed by atoms with van der Waals surface area (Å²) >= 11 is 0. The topological polar surface area (TPSA) is 17.3 Å². The van der Waals surface area contributed by atoms with E-state index in [0.29, 0.717) is 6.71 Å². The zero-order valence-electron chi connectivity index (χ0n) is 38.0. The first-order valence-electron chi connectivity index (χ1n) is 23.2. The predicted octanol–water partition coefficient (Wildman–Crippen LogP) is 15.4. The van der Waals surface area contributed by atoms with E-state index in [9.17, 15) is 0 Å². The average molecular weight is 839 g/mol. The van der Waals surface area contributed by atoms with Gasteiger partial charge in [-0.05, 0) is 169 Å². The van der Waals surface area contributed by atoms with Crippen molar-refractivity contribution in [1.82, 2.24) is 4.57 Å². The molecule has 1 aliphatic rings. The third-order valence-electron chi connectivity index (χ3n) is 12.5. The maximum absolute atomic E-state index is 4.28. The number of aliphatic imine (C=N–C) groups is 1. The smallest absolute Gasteiger partial charge is 0.256 e. The van der Waals surface area contributed by atoms with Crippen LogP contribution in [0.1, 0.15) is 45.2 Å². The van der Waals surface area contributed by atoms with E-state index >= 15 is 0 Å². The standard InChI is InChI=1S/C60H49BN2.C2H6/c1-4-16-42-30-31-54(35-43(42)27-15-34-62-6-3)52-25-13-23-50(39-52)48-21-11-19-46(37-48)44-17-10-18-45(36-44)47-20-12-22-49(38-47)51-24-14-26-53(40-51)55-32-33-58-57(41-55)59-60(61(59)5-2)63(58)56-28-8-7-9-29-56;1-2/h5-15,17-26,28-41H,2,4,16,27H2,1,3H3;1-2H3/b34-15-,62-6?;. The second-order valence-corrected chi connectivity index (χ2v) is 16.5. The van der Waals surface area contributed by atoms with Crippen LogP contribution in [0.4, 0.5) is 0 Å². The molecular formula is C62H55BN2. The lowest BCUT2D eigenvalue weighted by Crippen LogP contribution is -2.14. The van der Waals surface area contributed by atoms with Gasteiger partial charge in [-0.3, -0.25) is 4.99 Å². The molecule has 8 aromatic carbocycles. The Balaban J connectivity index is 0.00000263. The Morgan fingerprint density at radius 2 is 0.954 bits per heavy atom.